The number of hydrogen-bond donors (Lipinski definition) is 0. The fourth-order valence-electron chi connectivity index (χ4n) is 2.58. The van der Waals surface area contributed by atoms with Crippen LogP contribution in [0, 0.1) is 0 Å². The summed E-state index contributed by atoms with van der Waals surface area (Å²) < 4.78 is 17.1. The molecular weight excluding hydrogens is 282 g/mol. The van der Waals surface area contributed by atoms with Crippen LogP contribution in [0.15, 0.2) is 25.3 Å². The summed E-state index contributed by atoms with van der Waals surface area (Å²) in [7, 11) is 0. The van der Waals surface area contributed by atoms with Crippen molar-refractivity contribution in [1.82, 2.24) is 4.90 Å². The highest BCUT2D eigenvalue weighted by molar-refractivity contribution is 5.70. The van der Waals surface area contributed by atoms with Crippen molar-refractivity contribution in [1.29, 1.82) is 0 Å². The van der Waals surface area contributed by atoms with Crippen molar-refractivity contribution in [2.75, 3.05) is 13.2 Å². The fourth-order valence-corrected chi connectivity index (χ4v) is 2.58. The van der Waals surface area contributed by atoms with Crippen LogP contribution in [0.25, 0.3) is 0 Å². The van der Waals surface area contributed by atoms with Gasteiger partial charge >= 0.3 is 6.09 Å². The van der Waals surface area contributed by atoms with Gasteiger partial charge in [-0.3, -0.25) is 4.90 Å². The molecule has 1 heterocycles. The highest BCUT2D eigenvalue weighted by Crippen LogP contribution is 2.35. The van der Waals surface area contributed by atoms with Gasteiger partial charge < -0.3 is 14.2 Å². The maximum absolute atomic E-state index is 12.6. The molecule has 0 bridgehead atoms. The van der Waals surface area contributed by atoms with E-state index in [-0.39, 0.29) is 18.2 Å². The first-order valence-corrected chi connectivity index (χ1v) is 7.62. The molecule has 1 aliphatic rings. The monoisotopic (exact) mass is 311 g/mol. The molecule has 1 saturated heterocycles. The first-order valence-electron chi connectivity index (χ1n) is 7.62. The third kappa shape index (κ3) is 4.85. The lowest BCUT2D eigenvalue weighted by Gasteiger charge is -2.34. The third-order valence-corrected chi connectivity index (χ3v) is 3.30. The molecule has 1 rings (SSSR count). The van der Waals surface area contributed by atoms with E-state index in [4.69, 9.17) is 14.2 Å². The summed E-state index contributed by atoms with van der Waals surface area (Å²) in [6.45, 7) is 17.5. The van der Waals surface area contributed by atoms with Gasteiger partial charge in [-0.1, -0.05) is 12.2 Å². The number of ether oxygens (including phenoxy) is 3. The molecule has 1 fully saturated rings. The van der Waals surface area contributed by atoms with E-state index in [9.17, 15) is 4.79 Å². The maximum atomic E-state index is 12.6. The van der Waals surface area contributed by atoms with Gasteiger partial charge in [0.1, 0.15) is 17.4 Å². The Kier molecular flexibility index (Phi) is 6.20. The molecule has 5 nitrogen and oxygen atoms in total. The van der Waals surface area contributed by atoms with Crippen LogP contribution < -0.4 is 0 Å². The Morgan fingerprint density at radius 3 is 2.45 bits per heavy atom. The Balaban J connectivity index is 2.92. The highest BCUT2D eigenvalue weighted by atomic mass is 16.6. The average molecular weight is 311 g/mol. The Morgan fingerprint density at radius 1 is 1.32 bits per heavy atom. The molecule has 0 saturated carbocycles. The van der Waals surface area contributed by atoms with E-state index in [1.807, 2.05) is 34.6 Å². The van der Waals surface area contributed by atoms with E-state index in [0.29, 0.717) is 19.6 Å². The molecule has 0 aromatic rings. The van der Waals surface area contributed by atoms with Crippen LogP contribution in [0.3, 0.4) is 0 Å². The third-order valence-electron chi connectivity index (χ3n) is 3.30. The van der Waals surface area contributed by atoms with Gasteiger partial charge in [-0.15, -0.1) is 13.2 Å². The zero-order chi connectivity index (χ0) is 17.0. The summed E-state index contributed by atoms with van der Waals surface area (Å²) in [5.74, 6) is 0. The standard InChI is InChI=1S/C17H29NO4/c1-8-10-13-14(12-20-11-9-2)21-17(6,7)18(13)15(19)22-16(3,4)5/h8-9,13-14H,1-2,10-12H2,3-7H3. The van der Waals surface area contributed by atoms with Crippen molar-refractivity contribution >= 4 is 6.09 Å². The molecular formula is C17H29NO4. The second kappa shape index (κ2) is 7.29. The molecule has 2 unspecified atom stereocenters. The van der Waals surface area contributed by atoms with E-state index >= 15 is 0 Å². The molecule has 126 valence electrons. The van der Waals surface area contributed by atoms with Crippen molar-refractivity contribution in [3.05, 3.63) is 25.3 Å². The maximum Gasteiger partial charge on any atom is 0.412 e. The van der Waals surface area contributed by atoms with E-state index in [1.165, 1.54) is 0 Å². The molecule has 0 aliphatic carbocycles. The molecule has 1 aliphatic heterocycles. The summed E-state index contributed by atoms with van der Waals surface area (Å²) in [4.78, 5) is 14.2. The van der Waals surface area contributed by atoms with Gasteiger partial charge in [-0.2, -0.15) is 0 Å². The van der Waals surface area contributed by atoms with Crippen molar-refractivity contribution in [3.63, 3.8) is 0 Å². The summed E-state index contributed by atoms with van der Waals surface area (Å²) >= 11 is 0. The topological polar surface area (TPSA) is 48.0 Å². The number of carbonyl (C=O) groups is 1. The summed E-state index contributed by atoms with van der Waals surface area (Å²) in [5.41, 5.74) is -1.30. The van der Waals surface area contributed by atoms with Crippen LogP contribution in [-0.4, -0.2) is 47.7 Å². The van der Waals surface area contributed by atoms with Gasteiger partial charge in [-0.25, -0.2) is 4.79 Å². The van der Waals surface area contributed by atoms with Gasteiger partial charge in [-0.05, 0) is 41.0 Å². The van der Waals surface area contributed by atoms with E-state index in [2.05, 4.69) is 13.2 Å². The average Bonchev–Trinajstić information content (AvgIpc) is 2.59. The molecule has 1 amide bonds. The molecule has 0 aromatic carbocycles. The summed E-state index contributed by atoms with van der Waals surface area (Å²) in [6.07, 6.45) is 3.49. The first-order chi connectivity index (χ1) is 10.1. The lowest BCUT2D eigenvalue weighted by Crippen LogP contribution is -2.50. The molecule has 2 atom stereocenters. The Hall–Kier alpha value is -1.33. The van der Waals surface area contributed by atoms with Crippen LogP contribution in [0.1, 0.15) is 41.0 Å². The Bertz CT molecular complexity index is 411. The molecule has 5 heteroatoms. The van der Waals surface area contributed by atoms with E-state index < -0.39 is 11.3 Å². The Morgan fingerprint density at radius 2 is 1.95 bits per heavy atom. The largest absolute Gasteiger partial charge is 0.444 e. The van der Waals surface area contributed by atoms with E-state index in [1.54, 1.807) is 17.1 Å². The predicted molar refractivity (Wildman–Crippen MR) is 86.6 cm³/mol. The lowest BCUT2D eigenvalue weighted by molar-refractivity contribution is -0.0912. The second-order valence-corrected chi connectivity index (χ2v) is 6.87. The van der Waals surface area contributed by atoms with Crippen LogP contribution in [0.5, 0.6) is 0 Å². The van der Waals surface area contributed by atoms with Gasteiger partial charge in [0.25, 0.3) is 0 Å². The fraction of sp³-hybridized carbons (Fsp3) is 0.706. The smallest absolute Gasteiger partial charge is 0.412 e. The van der Waals surface area contributed by atoms with Gasteiger partial charge in [0.2, 0.25) is 0 Å². The van der Waals surface area contributed by atoms with Crippen molar-refractivity contribution in [3.8, 4) is 0 Å². The molecule has 22 heavy (non-hydrogen) atoms. The van der Waals surface area contributed by atoms with Crippen molar-refractivity contribution in [2.45, 2.75) is 64.5 Å². The predicted octanol–water partition coefficient (Wildman–Crippen LogP) is 3.51. The highest BCUT2D eigenvalue weighted by Gasteiger charge is 2.50. The minimum atomic E-state index is -0.752. The van der Waals surface area contributed by atoms with Gasteiger partial charge in [0, 0.05) is 0 Å². The van der Waals surface area contributed by atoms with Crippen LogP contribution >= 0.6 is 0 Å². The SMILES string of the molecule is C=CCOCC1OC(C)(C)N(C(=O)OC(C)(C)C)C1CC=C. The van der Waals surface area contributed by atoms with Crippen LogP contribution in [-0.2, 0) is 14.2 Å². The zero-order valence-electron chi connectivity index (χ0n) is 14.4. The first kappa shape index (κ1) is 18.7. The Labute approximate surface area is 133 Å². The van der Waals surface area contributed by atoms with Gasteiger partial charge in [0.05, 0.1) is 19.3 Å². The minimum absolute atomic E-state index is 0.160. The second-order valence-electron chi connectivity index (χ2n) is 6.87. The normalized spacial score (nSPS) is 24.1. The molecule has 0 spiro atoms. The van der Waals surface area contributed by atoms with Gasteiger partial charge in [0.15, 0.2) is 0 Å². The molecule has 0 radical (unpaired) electrons. The van der Waals surface area contributed by atoms with Crippen molar-refractivity contribution < 1.29 is 19.0 Å². The summed E-state index contributed by atoms with van der Waals surface area (Å²) in [5, 5.41) is 0. The minimum Gasteiger partial charge on any atom is -0.444 e. The number of amides is 1. The van der Waals surface area contributed by atoms with Crippen LogP contribution in [0.4, 0.5) is 4.79 Å². The van der Waals surface area contributed by atoms with E-state index in [0.717, 1.165) is 0 Å². The molecule has 0 N–H and O–H groups in total. The number of hydrogen-bond acceptors (Lipinski definition) is 4. The van der Waals surface area contributed by atoms with Crippen molar-refractivity contribution in [2.24, 2.45) is 0 Å². The number of nitrogens with zero attached hydrogens (tertiary/aromatic N) is 1. The number of carbonyl (C=O) groups excluding carboxylic acids is 1. The zero-order valence-corrected chi connectivity index (χ0v) is 14.4. The lowest BCUT2D eigenvalue weighted by atomic mass is 10.1. The summed E-state index contributed by atoms with van der Waals surface area (Å²) in [6, 6.07) is -0.160. The number of rotatable bonds is 6. The molecule has 0 aromatic heterocycles. The van der Waals surface area contributed by atoms with Crippen LogP contribution in [0.2, 0.25) is 0 Å². The quantitative estimate of drug-likeness (QED) is 0.556.